The Hall–Kier alpha value is -3.15. The van der Waals surface area contributed by atoms with Crippen molar-refractivity contribution in [1.29, 1.82) is 0 Å². The van der Waals surface area contributed by atoms with Gasteiger partial charge >= 0.3 is 0 Å². The van der Waals surface area contributed by atoms with Crippen molar-refractivity contribution in [3.8, 4) is 0 Å². The Morgan fingerprint density at radius 1 is 1.11 bits per heavy atom. The van der Waals surface area contributed by atoms with Crippen molar-refractivity contribution < 1.29 is 14.4 Å². The lowest BCUT2D eigenvalue weighted by Gasteiger charge is -2.20. The summed E-state index contributed by atoms with van der Waals surface area (Å²) >= 11 is 0. The third kappa shape index (κ3) is 4.22. The third-order valence-electron chi connectivity index (χ3n) is 4.89. The number of para-hydroxylation sites is 1. The molecule has 6 heteroatoms. The molecule has 1 heterocycles. The number of amides is 3. The van der Waals surface area contributed by atoms with Gasteiger partial charge in [0.15, 0.2) is 0 Å². The molecule has 0 spiro atoms. The Kier molecular flexibility index (Phi) is 6.09. The predicted octanol–water partition coefficient (Wildman–Crippen LogP) is 2.99. The fourth-order valence-corrected chi connectivity index (χ4v) is 3.43. The fraction of sp³-hybridized carbons (Fsp3) is 0.318. The highest BCUT2D eigenvalue weighted by Gasteiger charge is 2.35. The number of nitrogens with zero attached hydrogens (tertiary/aromatic N) is 1. The normalized spacial score (nSPS) is 16.1. The molecule has 0 radical (unpaired) electrons. The van der Waals surface area contributed by atoms with Gasteiger partial charge in [-0.2, -0.15) is 0 Å². The van der Waals surface area contributed by atoms with Crippen LogP contribution in [0.2, 0.25) is 0 Å². The molecule has 3 rings (SSSR count). The second-order valence-corrected chi connectivity index (χ2v) is 6.82. The lowest BCUT2D eigenvalue weighted by molar-refractivity contribution is -0.122. The second kappa shape index (κ2) is 8.69. The minimum Gasteiger partial charge on any atom is -0.352 e. The number of hydrogen-bond acceptors (Lipinski definition) is 3. The van der Waals surface area contributed by atoms with Crippen LogP contribution in [-0.4, -0.2) is 30.8 Å². The minimum atomic E-state index is -0.425. The number of carbonyl (C=O) groups is 3. The van der Waals surface area contributed by atoms with E-state index in [0.717, 1.165) is 17.7 Å². The van der Waals surface area contributed by atoms with Crippen LogP contribution in [-0.2, 0) is 16.0 Å². The molecule has 0 aliphatic carbocycles. The highest BCUT2D eigenvalue weighted by atomic mass is 16.2. The first kappa shape index (κ1) is 19.6. The number of rotatable bonds is 6. The molecule has 2 N–H and O–H groups in total. The Morgan fingerprint density at radius 2 is 1.89 bits per heavy atom. The average molecular weight is 379 g/mol. The highest BCUT2D eigenvalue weighted by Crippen LogP contribution is 2.29. The number of nitrogens with one attached hydrogen (secondary N) is 2. The number of benzene rings is 2. The maximum Gasteiger partial charge on any atom is 0.251 e. The minimum absolute atomic E-state index is 0.0443. The molecule has 146 valence electrons. The molecule has 3 amide bonds. The molecule has 1 unspecified atom stereocenters. The molecular weight excluding hydrogens is 354 g/mol. The van der Waals surface area contributed by atoms with E-state index in [1.54, 1.807) is 29.2 Å². The standard InChI is InChI=1S/C22H25N3O3/c1-3-15-8-5-6-11-19(15)25-14-17(13-20(25)26)22(28)24-18-10-7-9-16(12-18)21(27)23-4-2/h5-12,17H,3-4,13-14H2,1-2H3,(H,23,27)(H,24,28). The molecule has 1 atom stereocenters. The molecule has 2 aromatic carbocycles. The van der Waals surface area contributed by atoms with E-state index in [1.807, 2.05) is 38.1 Å². The summed E-state index contributed by atoms with van der Waals surface area (Å²) in [5.74, 6) is -0.863. The summed E-state index contributed by atoms with van der Waals surface area (Å²) in [5.41, 5.74) is 3.00. The van der Waals surface area contributed by atoms with Crippen molar-refractivity contribution in [3.63, 3.8) is 0 Å². The van der Waals surface area contributed by atoms with Crippen LogP contribution < -0.4 is 15.5 Å². The van der Waals surface area contributed by atoms with E-state index < -0.39 is 5.92 Å². The molecule has 1 fully saturated rings. The van der Waals surface area contributed by atoms with Gasteiger partial charge in [0.2, 0.25) is 11.8 Å². The summed E-state index contributed by atoms with van der Waals surface area (Å²) in [4.78, 5) is 38.9. The van der Waals surface area contributed by atoms with E-state index in [4.69, 9.17) is 0 Å². The zero-order valence-electron chi connectivity index (χ0n) is 16.2. The van der Waals surface area contributed by atoms with Crippen LogP contribution in [0.3, 0.4) is 0 Å². The van der Waals surface area contributed by atoms with Gasteiger partial charge in [0.25, 0.3) is 5.91 Å². The summed E-state index contributed by atoms with van der Waals surface area (Å²) in [6, 6.07) is 14.6. The van der Waals surface area contributed by atoms with Crippen molar-refractivity contribution in [2.24, 2.45) is 5.92 Å². The average Bonchev–Trinajstić information content (AvgIpc) is 3.10. The molecule has 0 aromatic heterocycles. The van der Waals surface area contributed by atoms with E-state index >= 15 is 0 Å². The van der Waals surface area contributed by atoms with Crippen LogP contribution in [0.15, 0.2) is 48.5 Å². The van der Waals surface area contributed by atoms with Gasteiger partial charge in [0.1, 0.15) is 0 Å². The Balaban J connectivity index is 1.70. The van der Waals surface area contributed by atoms with E-state index in [9.17, 15) is 14.4 Å². The SMILES string of the molecule is CCNC(=O)c1cccc(NC(=O)C2CC(=O)N(c3ccccc3CC)C2)c1. The van der Waals surface area contributed by atoms with Crippen LogP contribution in [0.4, 0.5) is 11.4 Å². The summed E-state index contributed by atoms with van der Waals surface area (Å²) in [5, 5.41) is 5.58. The first-order valence-corrected chi connectivity index (χ1v) is 9.60. The smallest absolute Gasteiger partial charge is 0.251 e. The molecule has 0 saturated carbocycles. The van der Waals surface area contributed by atoms with Crippen LogP contribution in [0.1, 0.15) is 36.2 Å². The molecular formula is C22H25N3O3. The number of anilines is 2. The molecule has 28 heavy (non-hydrogen) atoms. The summed E-state index contributed by atoms with van der Waals surface area (Å²) in [6.45, 7) is 4.79. The molecule has 1 aliphatic rings. The summed E-state index contributed by atoms with van der Waals surface area (Å²) in [6.07, 6.45) is 1.00. The van der Waals surface area contributed by atoms with Crippen LogP contribution in [0.5, 0.6) is 0 Å². The van der Waals surface area contributed by atoms with Gasteiger partial charge in [-0.1, -0.05) is 31.2 Å². The predicted molar refractivity (Wildman–Crippen MR) is 109 cm³/mol. The number of aryl methyl sites for hydroxylation is 1. The van der Waals surface area contributed by atoms with Crippen LogP contribution in [0, 0.1) is 5.92 Å². The summed E-state index contributed by atoms with van der Waals surface area (Å²) < 4.78 is 0. The van der Waals surface area contributed by atoms with Gasteiger partial charge in [0.05, 0.1) is 5.92 Å². The van der Waals surface area contributed by atoms with Crippen molar-refractivity contribution >= 4 is 29.1 Å². The van der Waals surface area contributed by atoms with Gasteiger partial charge in [-0.25, -0.2) is 0 Å². The molecule has 2 aromatic rings. The first-order chi connectivity index (χ1) is 13.5. The fourth-order valence-electron chi connectivity index (χ4n) is 3.43. The second-order valence-electron chi connectivity index (χ2n) is 6.82. The Bertz CT molecular complexity index is 894. The van der Waals surface area contributed by atoms with Crippen molar-refractivity contribution in [3.05, 3.63) is 59.7 Å². The van der Waals surface area contributed by atoms with Gasteiger partial charge in [-0.3, -0.25) is 14.4 Å². The Morgan fingerprint density at radius 3 is 2.64 bits per heavy atom. The lowest BCUT2D eigenvalue weighted by Crippen LogP contribution is -2.29. The van der Waals surface area contributed by atoms with Crippen molar-refractivity contribution in [2.75, 3.05) is 23.3 Å². The van der Waals surface area contributed by atoms with Crippen molar-refractivity contribution in [2.45, 2.75) is 26.7 Å². The number of hydrogen-bond donors (Lipinski definition) is 2. The zero-order valence-corrected chi connectivity index (χ0v) is 16.2. The topological polar surface area (TPSA) is 78.5 Å². The van der Waals surface area contributed by atoms with Gasteiger partial charge in [0, 0.05) is 36.4 Å². The van der Waals surface area contributed by atoms with Crippen LogP contribution >= 0.6 is 0 Å². The largest absolute Gasteiger partial charge is 0.352 e. The van der Waals surface area contributed by atoms with E-state index in [1.165, 1.54) is 0 Å². The molecule has 1 aliphatic heterocycles. The van der Waals surface area contributed by atoms with Crippen LogP contribution in [0.25, 0.3) is 0 Å². The Labute approximate surface area is 164 Å². The summed E-state index contributed by atoms with van der Waals surface area (Å²) in [7, 11) is 0. The molecule has 0 bridgehead atoms. The maximum absolute atomic E-state index is 12.7. The zero-order chi connectivity index (χ0) is 20.1. The van der Waals surface area contributed by atoms with E-state index in [2.05, 4.69) is 10.6 Å². The van der Waals surface area contributed by atoms with Gasteiger partial charge in [-0.15, -0.1) is 0 Å². The van der Waals surface area contributed by atoms with E-state index in [0.29, 0.717) is 24.3 Å². The van der Waals surface area contributed by atoms with E-state index in [-0.39, 0.29) is 24.1 Å². The maximum atomic E-state index is 12.7. The molecule has 1 saturated heterocycles. The quantitative estimate of drug-likeness (QED) is 0.810. The first-order valence-electron chi connectivity index (χ1n) is 9.60. The lowest BCUT2D eigenvalue weighted by atomic mass is 10.1. The van der Waals surface area contributed by atoms with Gasteiger partial charge < -0.3 is 15.5 Å². The van der Waals surface area contributed by atoms with Crippen molar-refractivity contribution in [1.82, 2.24) is 5.32 Å². The number of carbonyl (C=O) groups excluding carboxylic acids is 3. The third-order valence-corrected chi connectivity index (χ3v) is 4.89. The monoisotopic (exact) mass is 379 g/mol. The highest BCUT2D eigenvalue weighted by molar-refractivity contribution is 6.04. The van der Waals surface area contributed by atoms with Gasteiger partial charge in [-0.05, 0) is 43.2 Å². The molecule has 6 nitrogen and oxygen atoms in total.